The fourth-order valence-electron chi connectivity index (χ4n) is 4.82. The highest BCUT2D eigenvalue weighted by Crippen LogP contribution is 2.46. The van der Waals surface area contributed by atoms with Gasteiger partial charge in [0.15, 0.2) is 6.10 Å². The number of carbonyl (C=O) groups excluding carboxylic acids is 4. The molecular formula is C27H35N5O5S2. The van der Waals surface area contributed by atoms with Crippen LogP contribution in [-0.2, 0) is 19.1 Å². The number of ether oxygens (including phenoxy) is 1. The third kappa shape index (κ3) is 7.22. The number of hydrogen-bond donors (Lipinski definition) is 4. The maximum Gasteiger partial charge on any atom is 0.407 e. The van der Waals surface area contributed by atoms with E-state index in [9.17, 15) is 19.2 Å². The van der Waals surface area contributed by atoms with Crippen molar-refractivity contribution in [2.24, 2.45) is 5.41 Å². The van der Waals surface area contributed by atoms with E-state index in [4.69, 9.17) is 23.4 Å². The zero-order valence-corrected chi connectivity index (χ0v) is 24.1. The predicted octanol–water partition coefficient (Wildman–Crippen LogP) is 1.71. The molecule has 4 N–H and O–H groups in total. The van der Waals surface area contributed by atoms with Gasteiger partial charge < -0.3 is 30.9 Å². The topological polar surface area (TPSA) is 129 Å². The fourth-order valence-corrected chi connectivity index (χ4v) is 6.59. The van der Waals surface area contributed by atoms with Gasteiger partial charge >= 0.3 is 6.09 Å². The summed E-state index contributed by atoms with van der Waals surface area (Å²) in [5.41, 5.74) is 0.0330. The molecule has 2 fully saturated rings. The summed E-state index contributed by atoms with van der Waals surface area (Å²) in [5.74, 6) is 1.91. The van der Waals surface area contributed by atoms with Gasteiger partial charge in [0.1, 0.15) is 23.1 Å². The van der Waals surface area contributed by atoms with Crippen LogP contribution in [0.3, 0.4) is 0 Å². The largest absolute Gasteiger partial charge is 0.439 e. The second-order valence-corrected chi connectivity index (χ2v) is 11.8. The summed E-state index contributed by atoms with van der Waals surface area (Å²) in [6, 6.07) is 6.36. The van der Waals surface area contributed by atoms with E-state index >= 15 is 0 Å². The molecule has 2 heterocycles. The second-order valence-electron chi connectivity index (χ2n) is 10.1. The molecule has 5 atom stereocenters. The second kappa shape index (κ2) is 13.2. The SMILES string of the molecule is C#CCNC(=O)C(NC(=O)[C@H]1N2C(=O)[C@@H](NC(=S)C(C)OC(=O)NC)CCS[C@H]2CC1(C)C)c1ccccc1. The molecule has 1 aromatic rings. The van der Waals surface area contributed by atoms with Crippen LogP contribution in [0.15, 0.2) is 30.3 Å². The van der Waals surface area contributed by atoms with E-state index in [1.165, 1.54) is 7.05 Å². The van der Waals surface area contributed by atoms with Crippen LogP contribution >= 0.6 is 24.0 Å². The zero-order valence-electron chi connectivity index (χ0n) is 22.5. The number of hydrogen-bond acceptors (Lipinski definition) is 7. The van der Waals surface area contributed by atoms with Gasteiger partial charge in [0, 0.05) is 7.05 Å². The normalized spacial score (nSPS) is 23.2. The summed E-state index contributed by atoms with van der Waals surface area (Å²) in [6.45, 7) is 5.53. The average molecular weight is 574 g/mol. The Balaban J connectivity index is 1.84. The van der Waals surface area contributed by atoms with Crippen LogP contribution in [-0.4, -0.2) is 76.6 Å². The van der Waals surface area contributed by atoms with Crippen molar-refractivity contribution < 1.29 is 23.9 Å². The third-order valence-electron chi connectivity index (χ3n) is 6.77. The summed E-state index contributed by atoms with van der Waals surface area (Å²) in [7, 11) is 1.44. The lowest BCUT2D eigenvalue weighted by Gasteiger charge is -2.35. The number of alkyl carbamates (subject to hydrolysis) is 1. The van der Waals surface area contributed by atoms with E-state index in [1.807, 2.05) is 19.9 Å². The Morgan fingerprint density at radius 2 is 1.97 bits per heavy atom. The summed E-state index contributed by atoms with van der Waals surface area (Å²) >= 11 is 7.02. The Morgan fingerprint density at radius 1 is 1.28 bits per heavy atom. The minimum atomic E-state index is -0.985. The number of nitrogens with zero attached hydrogens (tertiary/aromatic N) is 1. The number of rotatable bonds is 8. The highest BCUT2D eigenvalue weighted by atomic mass is 32.2. The Labute approximate surface area is 238 Å². The van der Waals surface area contributed by atoms with Gasteiger partial charge in [-0.1, -0.05) is 62.3 Å². The first kappa shape index (κ1) is 30.2. The van der Waals surface area contributed by atoms with Gasteiger partial charge in [-0.05, 0) is 36.5 Å². The summed E-state index contributed by atoms with van der Waals surface area (Å²) < 4.78 is 5.19. The summed E-state index contributed by atoms with van der Waals surface area (Å²) in [4.78, 5) is 54.2. The minimum Gasteiger partial charge on any atom is -0.439 e. The average Bonchev–Trinajstić information content (AvgIpc) is 3.10. The molecule has 2 saturated heterocycles. The van der Waals surface area contributed by atoms with Crippen LogP contribution in [0.5, 0.6) is 0 Å². The van der Waals surface area contributed by atoms with Crippen molar-refractivity contribution in [2.75, 3.05) is 19.3 Å². The van der Waals surface area contributed by atoms with E-state index in [2.05, 4.69) is 27.2 Å². The lowest BCUT2D eigenvalue weighted by atomic mass is 9.83. The molecule has 0 bridgehead atoms. The molecule has 3 rings (SSSR count). The lowest BCUT2D eigenvalue weighted by molar-refractivity contribution is -0.143. The van der Waals surface area contributed by atoms with Crippen LogP contribution in [0.4, 0.5) is 4.79 Å². The number of terminal acetylenes is 1. The van der Waals surface area contributed by atoms with E-state index in [0.29, 0.717) is 24.2 Å². The van der Waals surface area contributed by atoms with E-state index < -0.39 is 47.6 Å². The molecule has 0 radical (unpaired) electrons. The maximum absolute atomic E-state index is 13.9. The summed E-state index contributed by atoms with van der Waals surface area (Å²) in [6.07, 6.45) is 5.02. The molecule has 0 spiro atoms. The first-order valence-corrected chi connectivity index (χ1v) is 14.1. The first-order valence-electron chi connectivity index (χ1n) is 12.7. The fraction of sp³-hybridized carbons (Fsp3) is 0.519. The first-order chi connectivity index (χ1) is 18.5. The van der Waals surface area contributed by atoms with Crippen LogP contribution < -0.4 is 21.3 Å². The molecule has 2 unspecified atom stereocenters. The molecule has 0 saturated carbocycles. The van der Waals surface area contributed by atoms with E-state index in [1.54, 1.807) is 47.9 Å². The van der Waals surface area contributed by atoms with Crippen LogP contribution in [0.25, 0.3) is 0 Å². The van der Waals surface area contributed by atoms with Gasteiger partial charge in [0.05, 0.1) is 11.9 Å². The Kier molecular flexibility index (Phi) is 10.2. The smallest absolute Gasteiger partial charge is 0.407 e. The van der Waals surface area contributed by atoms with Gasteiger partial charge in [-0.2, -0.15) is 0 Å². The Bertz CT molecular complexity index is 1140. The third-order valence-corrected chi connectivity index (χ3v) is 8.47. The molecule has 12 heteroatoms. The van der Waals surface area contributed by atoms with Gasteiger partial charge in [-0.15, -0.1) is 18.2 Å². The van der Waals surface area contributed by atoms with Crippen LogP contribution in [0, 0.1) is 17.8 Å². The van der Waals surface area contributed by atoms with Crippen molar-refractivity contribution in [3.05, 3.63) is 35.9 Å². The van der Waals surface area contributed by atoms with Crippen molar-refractivity contribution in [2.45, 2.75) is 63.2 Å². The maximum atomic E-state index is 13.9. The number of carbonyl (C=O) groups is 4. The highest BCUT2D eigenvalue weighted by Gasteiger charge is 2.54. The Hall–Kier alpha value is -3.30. The van der Waals surface area contributed by atoms with Crippen molar-refractivity contribution in [1.29, 1.82) is 0 Å². The van der Waals surface area contributed by atoms with Gasteiger partial charge in [0.2, 0.25) is 17.7 Å². The number of amides is 4. The number of fused-ring (bicyclic) bond motifs is 1. The van der Waals surface area contributed by atoms with Crippen molar-refractivity contribution in [3.63, 3.8) is 0 Å². The molecule has 4 amide bonds. The number of benzene rings is 1. The molecule has 210 valence electrons. The van der Waals surface area contributed by atoms with Gasteiger partial charge in [-0.25, -0.2) is 4.79 Å². The highest BCUT2D eigenvalue weighted by molar-refractivity contribution is 7.99. The quantitative estimate of drug-likeness (QED) is 0.273. The number of thioether (sulfide) groups is 1. The lowest BCUT2D eigenvalue weighted by Crippen LogP contribution is -2.58. The summed E-state index contributed by atoms with van der Waals surface area (Å²) in [5, 5.41) is 10.7. The predicted molar refractivity (Wildman–Crippen MR) is 154 cm³/mol. The molecular weight excluding hydrogens is 538 g/mol. The Morgan fingerprint density at radius 3 is 2.62 bits per heavy atom. The van der Waals surface area contributed by atoms with E-state index in [-0.39, 0.29) is 22.8 Å². The van der Waals surface area contributed by atoms with E-state index in [0.717, 1.165) is 0 Å². The van der Waals surface area contributed by atoms with Crippen molar-refractivity contribution in [1.82, 2.24) is 26.2 Å². The monoisotopic (exact) mass is 573 g/mol. The molecule has 39 heavy (non-hydrogen) atoms. The molecule has 0 aliphatic carbocycles. The number of thiocarbonyl (C=S) groups is 1. The minimum absolute atomic E-state index is 0.0194. The zero-order chi connectivity index (χ0) is 28.7. The molecule has 2 aliphatic heterocycles. The molecule has 10 nitrogen and oxygen atoms in total. The standard InChI is InChI=1S/C27H35N5O5S2/c1-6-13-29-22(33)20(17-10-8-7-9-11-17)31-23(34)21-27(3,4)15-19-32(21)25(35)18(12-14-39-19)30-24(38)16(2)37-26(36)28-5/h1,7-11,16,18-21H,12-15H2,2-5H3,(H,28,36)(H,29,33)(H,30,38)(H,31,34)/t16?,18-,19-,20?,21+/m0/s1. The number of nitrogens with one attached hydrogen (secondary N) is 4. The van der Waals surface area contributed by atoms with Gasteiger partial charge in [-0.3, -0.25) is 14.4 Å². The molecule has 0 aromatic heterocycles. The molecule has 2 aliphatic rings. The molecule has 1 aromatic carbocycles. The van der Waals surface area contributed by atoms with Crippen LogP contribution in [0.1, 0.15) is 45.2 Å². The van der Waals surface area contributed by atoms with Crippen LogP contribution in [0.2, 0.25) is 0 Å². The van der Waals surface area contributed by atoms with Gasteiger partial charge in [0.25, 0.3) is 0 Å². The van der Waals surface area contributed by atoms with Crippen molar-refractivity contribution in [3.8, 4) is 12.3 Å². The van der Waals surface area contributed by atoms with Crippen molar-refractivity contribution >= 4 is 52.8 Å².